The Kier molecular flexibility index (Phi) is 6.19. The Hall–Kier alpha value is -3.01. The number of hydrogen-bond donors (Lipinski definition) is 1. The third kappa shape index (κ3) is 3.96. The molecule has 3 rings (SSSR count). The van der Waals surface area contributed by atoms with Crippen molar-refractivity contribution in [1.29, 1.82) is 5.26 Å². The number of nitrogens with zero attached hydrogens (tertiary/aromatic N) is 2. The van der Waals surface area contributed by atoms with Gasteiger partial charge in [0.15, 0.2) is 18.2 Å². The lowest BCUT2D eigenvalue weighted by Gasteiger charge is -2.18. The van der Waals surface area contributed by atoms with E-state index in [1.807, 2.05) is 12.1 Å². The van der Waals surface area contributed by atoms with E-state index >= 15 is 0 Å². The molecule has 0 bridgehead atoms. The molecule has 0 aromatic heterocycles. The van der Waals surface area contributed by atoms with Gasteiger partial charge in [0.1, 0.15) is 17.6 Å². The lowest BCUT2D eigenvalue weighted by atomic mass is 10.2. The SMILES string of the molecule is COc1ccc(N/C=C/C2=C(C#N)N(c3c(Cl)cccc3Cl)CO2)c(OC)c1. The third-order valence-corrected chi connectivity index (χ3v) is 4.66. The van der Waals surface area contributed by atoms with E-state index < -0.39 is 0 Å². The number of halogens is 2. The molecule has 8 heteroatoms. The Morgan fingerprint density at radius 1 is 1.18 bits per heavy atom. The first-order valence-electron chi connectivity index (χ1n) is 8.23. The van der Waals surface area contributed by atoms with Gasteiger partial charge < -0.3 is 19.5 Å². The number of methoxy groups -OCH3 is 2. The van der Waals surface area contributed by atoms with Gasteiger partial charge in [0.05, 0.1) is 35.6 Å². The fraction of sp³-hybridized carbons (Fsp3) is 0.150. The number of ether oxygens (including phenoxy) is 3. The van der Waals surface area contributed by atoms with Crippen LogP contribution in [0.1, 0.15) is 0 Å². The molecule has 144 valence electrons. The Labute approximate surface area is 173 Å². The molecule has 1 N–H and O–H groups in total. The highest BCUT2D eigenvalue weighted by Crippen LogP contribution is 2.38. The molecule has 2 aromatic rings. The Bertz CT molecular complexity index is 963. The van der Waals surface area contributed by atoms with E-state index in [2.05, 4.69) is 11.4 Å². The summed E-state index contributed by atoms with van der Waals surface area (Å²) in [6.07, 6.45) is 3.32. The van der Waals surface area contributed by atoms with Crippen LogP contribution >= 0.6 is 23.2 Å². The number of rotatable bonds is 6. The zero-order valence-electron chi connectivity index (χ0n) is 15.2. The van der Waals surface area contributed by atoms with Gasteiger partial charge in [-0.1, -0.05) is 29.3 Å². The summed E-state index contributed by atoms with van der Waals surface area (Å²) < 4.78 is 16.2. The van der Waals surface area contributed by atoms with Crippen molar-refractivity contribution in [2.75, 3.05) is 31.2 Å². The van der Waals surface area contributed by atoms with Crippen LogP contribution in [0.15, 0.2) is 60.1 Å². The lowest BCUT2D eigenvalue weighted by molar-refractivity contribution is 0.257. The van der Waals surface area contributed by atoms with Crippen LogP contribution in [0.2, 0.25) is 10.0 Å². The predicted octanol–water partition coefficient (Wildman–Crippen LogP) is 5.17. The summed E-state index contributed by atoms with van der Waals surface area (Å²) in [5.41, 5.74) is 1.59. The molecule has 2 aromatic carbocycles. The van der Waals surface area contributed by atoms with Gasteiger partial charge in [-0.25, -0.2) is 0 Å². The van der Waals surface area contributed by atoms with Crippen molar-refractivity contribution >= 4 is 34.6 Å². The van der Waals surface area contributed by atoms with Crippen LogP contribution in [0.3, 0.4) is 0 Å². The first-order chi connectivity index (χ1) is 13.6. The molecule has 0 unspecified atom stereocenters. The van der Waals surface area contributed by atoms with Gasteiger partial charge in [-0.2, -0.15) is 5.26 Å². The number of anilines is 2. The molecular weight excluding hydrogens is 401 g/mol. The molecule has 28 heavy (non-hydrogen) atoms. The topological polar surface area (TPSA) is 66.8 Å². The first-order valence-corrected chi connectivity index (χ1v) is 8.98. The smallest absolute Gasteiger partial charge is 0.166 e. The molecular formula is C20H17Cl2N3O3. The van der Waals surface area contributed by atoms with Gasteiger partial charge in [0, 0.05) is 12.3 Å². The fourth-order valence-corrected chi connectivity index (χ4v) is 3.29. The quantitative estimate of drug-likeness (QED) is 0.699. The molecule has 0 atom stereocenters. The van der Waals surface area contributed by atoms with Crippen LogP contribution in [-0.4, -0.2) is 21.0 Å². The largest absolute Gasteiger partial charge is 0.497 e. The number of benzene rings is 2. The molecule has 1 aliphatic heterocycles. The average molecular weight is 418 g/mol. The van der Waals surface area contributed by atoms with Crippen LogP contribution in [0.5, 0.6) is 11.5 Å². The maximum atomic E-state index is 9.60. The molecule has 6 nitrogen and oxygen atoms in total. The second-order valence-electron chi connectivity index (χ2n) is 5.64. The molecule has 0 saturated carbocycles. The van der Waals surface area contributed by atoms with Crippen molar-refractivity contribution in [3.05, 3.63) is 70.2 Å². The fourth-order valence-electron chi connectivity index (χ4n) is 2.69. The molecule has 1 aliphatic rings. The monoisotopic (exact) mass is 417 g/mol. The van der Waals surface area contributed by atoms with Crippen LogP contribution in [0, 0.1) is 11.3 Å². The van der Waals surface area contributed by atoms with Crippen LogP contribution in [-0.2, 0) is 4.74 Å². The second-order valence-corrected chi connectivity index (χ2v) is 6.45. The maximum Gasteiger partial charge on any atom is 0.166 e. The molecule has 0 radical (unpaired) electrons. The molecule has 0 saturated heterocycles. The minimum Gasteiger partial charge on any atom is -0.497 e. The Balaban J connectivity index is 1.83. The van der Waals surface area contributed by atoms with E-state index in [4.69, 9.17) is 37.4 Å². The van der Waals surface area contributed by atoms with Gasteiger partial charge in [0.2, 0.25) is 0 Å². The van der Waals surface area contributed by atoms with E-state index in [1.54, 1.807) is 55.7 Å². The summed E-state index contributed by atoms with van der Waals surface area (Å²) in [7, 11) is 3.16. The minimum absolute atomic E-state index is 0.137. The van der Waals surface area contributed by atoms with Gasteiger partial charge >= 0.3 is 0 Å². The number of nitriles is 1. The van der Waals surface area contributed by atoms with Crippen molar-refractivity contribution in [3.63, 3.8) is 0 Å². The van der Waals surface area contributed by atoms with Crippen molar-refractivity contribution < 1.29 is 14.2 Å². The number of para-hydroxylation sites is 1. The van der Waals surface area contributed by atoms with E-state index in [9.17, 15) is 5.26 Å². The third-order valence-electron chi connectivity index (χ3n) is 4.05. The van der Waals surface area contributed by atoms with E-state index in [1.165, 1.54) is 0 Å². The summed E-state index contributed by atoms with van der Waals surface area (Å²) in [4.78, 5) is 1.64. The van der Waals surface area contributed by atoms with E-state index in [-0.39, 0.29) is 6.73 Å². The Morgan fingerprint density at radius 2 is 1.93 bits per heavy atom. The highest BCUT2D eigenvalue weighted by atomic mass is 35.5. The number of allylic oxidation sites excluding steroid dienone is 2. The van der Waals surface area contributed by atoms with Gasteiger partial charge in [0.25, 0.3) is 0 Å². The summed E-state index contributed by atoms with van der Waals surface area (Å²) in [6, 6.07) is 12.7. The minimum atomic E-state index is 0.137. The zero-order valence-corrected chi connectivity index (χ0v) is 16.7. The summed E-state index contributed by atoms with van der Waals surface area (Å²) in [5.74, 6) is 1.71. The Morgan fingerprint density at radius 3 is 2.57 bits per heavy atom. The predicted molar refractivity (Wildman–Crippen MR) is 110 cm³/mol. The van der Waals surface area contributed by atoms with Crippen molar-refractivity contribution in [2.45, 2.75) is 0 Å². The molecule has 0 amide bonds. The van der Waals surface area contributed by atoms with E-state index in [0.717, 1.165) is 5.69 Å². The molecule has 0 spiro atoms. The summed E-state index contributed by atoms with van der Waals surface area (Å²) in [6.45, 7) is 0.137. The zero-order chi connectivity index (χ0) is 20.1. The normalized spacial score (nSPS) is 13.5. The maximum absolute atomic E-state index is 9.60. The standard InChI is InChI=1S/C20H17Cl2N3O3/c1-26-13-6-7-16(19(10-13)27-2)24-9-8-18-17(11-23)25(12-28-18)20-14(21)4-3-5-15(20)22/h3-10,24H,12H2,1-2H3/b9-8+. The van der Waals surface area contributed by atoms with Crippen molar-refractivity contribution in [3.8, 4) is 17.6 Å². The molecule has 1 heterocycles. The van der Waals surface area contributed by atoms with Gasteiger partial charge in [-0.05, 0) is 30.3 Å². The highest BCUT2D eigenvalue weighted by Gasteiger charge is 2.27. The lowest BCUT2D eigenvalue weighted by Crippen LogP contribution is -2.19. The average Bonchev–Trinajstić information content (AvgIpc) is 3.10. The summed E-state index contributed by atoms with van der Waals surface area (Å²) in [5, 5.41) is 13.6. The highest BCUT2D eigenvalue weighted by molar-refractivity contribution is 6.39. The van der Waals surface area contributed by atoms with Crippen LogP contribution < -0.4 is 19.7 Å². The number of hydrogen-bond acceptors (Lipinski definition) is 6. The van der Waals surface area contributed by atoms with Crippen LogP contribution in [0.4, 0.5) is 11.4 Å². The van der Waals surface area contributed by atoms with Crippen LogP contribution in [0.25, 0.3) is 0 Å². The second kappa shape index (κ2) is 8.79. The van der Waals surface area contributed by atoms with Gasteiger partial charge in [-0.15, -0.1) is 0 Å². The first kappa shape index (κ1) is 19.7. The van der Waals surface area contributed by atoms with Gasteiger partial charge in [-0.3, -0.25) is 4.90 Å². The van der Waals surface area contributed by atoms with E-state index in [0.29, 0.717) is 38.7 Å². The molecule has 0 fully saturated rings. The van der Waals surface area contributed by atoms with Crippen molar-refractivity contribution in [1.82, 2.24) is 0 Å². The summed E-state index contributed by atoms with van der Waals surface area (Å²) >= 11 is 12.5. The molecule has 0 aliphatic carbocycles. The number of nitrogens with one attached hydrogen (secondary N) is 1. The van der Waals surface area contributed by atoms with Crippen molar-refractivity contribution in [2.24, 2.45) is 0 Å².